The van der Waals surface area contributed by atoms with Crippen molar-refractivity contribution in [1.29, 1.82) is 0 Å². The number of hydrogen-bond donors (Lipinski definition) is 1. The monoisotopic (exact) mass is 301 g/mol. The number of fused-ring (bicyclic) bond motifs is 1. The van der Waals surface area contributed by atoms with Gasteiger partial charge in [-0.25, -0.2) is 9.37 Å². The second-order valence-corrected chi connectivity index (χ2v) is 4.49. The Morgan fingerprint density at radius 1 is 1.36 bits per heavy atom. The molecule has 112 valence electrons. The molecule has 1 aromatic carbocycles. The van der Waals surface area contributed by atoms with E-state index in [0.29, 0.717) is 11.6 Å². The summed E-state index contributed by atoms with van der Waals surface area (Å²) in [4.78, 5) is 22.8. The van der Waals surface area contributed by atoms with Crippen molar-refractivity contribution < 1.29 is 13.9 Å². The third-order valence-electron chi connectivity index (χ3n) is 3.04. The molecular weight excluding hydrogens is 289 g/mol. The predicted octanol–water partition coefficient (Wildman–Crippen LogP) is 2.04. The van der Waals surface area contributed by atoms with E-state index in [1.165, 1.54) is 13.2 Å². The standard InChI is InChI=1S/C15H12FN3O3/c1-21-13-5-10-12(6-11(13)16)18-14(19-15(10)20)8-22-9-3-2-4-17-7-9/h2-7H,8H2,1H3,(H,18,19,20). The maximum Gasteiger partial charge on any atom is 0.259 e. The molecule has 2 aromatic heterocycles. The summed E-state index contributed by atoms with van der Waals surface area (Å²) in [5.74, 6) is 0.267. The highest BCUT2D eigenvalue weighted by Gasteiger charge is 2.10. The minimum Gasteiger partial charge on any atom is -0.494 e. The molecule has 3 rings (SSSR count). The van der Waals surface area contributed by atoms with E-state index in [4.69, 9.17) is 9.47 Å². The molecule has 1 N–H and O–H groups in total. The number of aromatic nitrogens is 3. The van der Waals surface area contributed by atoms with E-state index < -0.39 is 5.82 Å². The Morgan fingerprint density at radius 2 is 2.23 bits per heavy atom. The maximum atomic E-state index is 13.7. The summed E-state index contributed by atoms with van der Waals surface area (Å²) in [6, 6.07) is 5.95. The van der Waals surface area contributed by atoms with E-state index in [9.17, 15) is 9.18 Å². The fraction of sp³-hybridized carbons (Fsp3) is 0.133. The van der Waals surface area contributed by atoms with Crippen LogP contribution in [0.15, 0.2) is 41.5 Å². The van der Waals surface area contributed by atoms with Crippen LogP contribution in [0.4, 0.5) is 4.39 Å². The number of hydrogen-bond acceptors (Lipinski definition) is 5. The minimum absolute atomic E-state index is 0.000778. The third kappa shape index (κ3) is 2.73. The number of H-pyrrole nitrogens is 1. The molecule has 0 radical (unpaired) electrons. The largest absolute Gasteiger partial charge is 0.494 e. The molecule has 0 atom stereocenters. The van der Waals surface area contributed by atoms with Crippen LogP contribution < -0.4 is 15.0 Å². The quantitative estimate of drug-likeness (QED) is 0.798. The normalized spacial score (nSPS) is 10.6. The summed E-state index contributed by atoms with van der Waals surface area (Å²) in [5, 5.41) is 0.253. The van der Waals surface area contributed by atoms with Crippen LogP contribution in [-0.2, 0) is 6.61 Å². The molecule has 0 aliphatic carbocycles. The molecule has 0 unspecified atom stereocenters. The number of aromatic amines is 1. The van der Waals surface area contributed by atoms with Crippen molar-refractivity contribution in [2.75, 3.05) is 7.11 Å². The first kappa shape index (κ1) is 14.0. The van der Waals surface area contributed by atoms with Crippen molar-refractivity contribution >= 4 is 10.9 Å². The van der Waals surface area contributed by atoms with Gasteiger partial charge in [0.05, 0.1) is 24.2 Å². The third-order valence-corrected chi connectivity index (χ3v) is 3.04. The highest BCUT2D eigenvalue weighted by molar-refractivity contribution is 5.79. The van der Waals surface area contributed by atoms with Gasteiger partial charge in [-0.1, -0.05) is 0 Å². The molecule has 0 aliphatic rings. The van der Waals surface area contributed by atoms with E-state index >= 15 is 0 Å². The molecule has 0 saturated heterocycles. The summed E-state index contributed by atoms with van der Waals surface area (Å²) < 4.78 is 24.0. The average Bonchev–Trinajstić information content (AvgIpc) is 2.53. The molecule has 22 heavy (non-hydrogen) atoms. The number of nitrogens with one attached hydrogen (secondary N) is 1. The van der Waals surface area contributed by atoms with Gasteiger partial charge in [0, 0.05) is 12.3 Å². The minimum atomic E-state index is -0.577. The number of nitrogens with zero attached hydrogens (tertiary/aromatic N) is 2. The average molecular weight is 301 g/mol. The number of ether oxygens (including phenoxy) is 2. The van der Waals surface area contributed by atoms with E-state index in [1.54, 1.807) is 24.5 Å². The van der Waals surface area contributed by atoms with Crippen molar-refractivity contribution in [2.24, 2.45) is 0 Å². The SMILES string of the molecule is COc1cc2c(=O)[nH]c(COc3cccnc3)nc2cc1F. The van der Waals surface area contributed by atoms with Crippen molar-refractivity contribution in [3.05, 3.63) is 58.7 Å². The van der Waals surface area contributed by atoms with Gasteiger partial charge < -0.3 is 14.5 Å². The zero-order valence-corrected chi connectivity index (χ0v) is 11.7. The molecule has 2 heterocycles. The lowest BCUT2D eigenvalue weighted by Gasteiger charge is -2.07. The van der Waals surface area contributed by atoms with Gasteiger partial charge >= 0.3 is 0 Å². The molecule has 0 amide bonds. The smallest absolute Gasteiger partial charge is 0.259 e. The van der Waals surface area contributed by atoms with Crippen LogP contribution in [0.2, 0.25) is 0 Å². The Hall–Kier alpha value is -2.96. The van der Waals surface area contributed by atoms with Gasteiger partial charge in [0.25, 0.3) is 5.56 Å². The lowest BCUT2D eigenvalue weighted by atomic mass is 10.2. The summed E-state index contributed by atoms with van der Waals surface area (Å²) >= 11 is 0. The number of rotatable bonds is 4. The number of halogens is 1. The lowest BCUT2D eigenvalue weighted by Crippen LogP contribution is -2.14. The van der Waals surface area contributed by atoms with Gasteiger partial charge in [-0.3, -0.25) is 9.78 Å². The zero-order valence-electron chi connectivity index (χ0n) is 11.7. The van der Waals surface area contributed by atoms with Crippen LogP contribution in [0.25, 0.3) is 10.9 Å². The number of pyridine rings is 1. The Bertz CT molecular complexity index is 865. The summed E-state index contributed by atoms with van der Waals surface area (Å²) in [5.41, 5.74) is -0.139. The van der Waals surface area contributed by atoms with Gasteiger partial charge in [0.15, 0.2) is 11.6 Å². The predicted molar refractivity (Wildman–Crippen MR) is 77.4 cm³/mol. The van der Waals surface area contributed by atoms with Crippen molar-refractivity contribution in [2.45, 2.75) is 6.61 Å². The second kappa shape index (κ2) is 5.80. The molecule has 3 aromatic rings. The highest BCUT2D eigenvalue weighted by Crippen LogP contribution is 2.21. The zero-order chi connectivity index (χ0) is 15.5. The van der Waals surface area contributed by atoms with Crippen molar-refractivity contribution in [1.82, 2.24) is 15.0 Å². The first-order valence-electron chi connectivity index (χ1n) is 6.46. The van der Waals surface area contributed by atoms with Crippen LogP contribution in [0.5, 0.6) is 11.5 Å². The van der Waals surface area contributed by atoms with Gasteiger partial charge in [0.1, 0.15) is 18.2 Å². The first-order valence-corrected chi connectivity index (χ1v) is 6.46. The fourth-order valence-electron chi connectivity index (χ4n) is 2.00. The molecule has 0 spiro atoms. The summed E-state index contributed by atoms with van der Waals surface area (Å²) in [7, 11) is 1.34. The van der Waals surface area contributed by atoms with Gasteiger partial charge in [0.2, 0.25) is 0 Å². The maximum absolute atomic E-state index is 13.7. The van der Waals surface area contributed by atoms with Gasteiger partial charge in [-0.05, 0) is 18.2 Å². The second-order valence-electron chi connectivity index (χ2n) is 4.49. The number of methoxy groups -OCH3 is 1. The van der Waals surface area contributed by atoms with Crippen LogP contribution in [-0.4, -0.2) is 22.1 Å². The molecule has 0 bridgehead atoms. The summed E-state index contributed by atoms with van der Waals surface area (Å²) in [6.07, 6.45) is 3.17. The first-order chi connectivity index (χ1) is 10.7. The summed E-state index contributed by atoms with van der Waals surface area (Å²) in [6.45, 7) is 0.0462. The molecule has 0 saturated carbocycles. The Kier molecular flexibility index (Phi) is 3.69. The molecule has 7 heteroatoms. The highest BCUT2D eigenvalue weighted by atomic mass is 19.1. The van der Waals surface area contributed by atoms with Crippen molar-refractivity contribution in [3.8, 4) is 11.5 Å². The Labute approximate surface area is 124 Å². The van der Waals surface area contributed by atoms with Crippen LogP contribution in [0.1, 0.15) is 5.82 Å². The van der Waals surface area contributed by atoms with Gasteiger partial charge in [-0.2, -0.15) is 0 Å². The number of benzene rings is 1. The Balaban J connectivity index is 1.93. The van der Waals surface area contributed by atoms with Crippen LogP contribution in [0, 0.1) is 5.82 Å². The fourth-order valence-corrected chi connectivity index (χ4v) is 2.00. The lowest BCUT2D eigenvalue weighted by molar-refractivity contribution is 0.295. The molecule has 0 aliphatic heterocycles. The van der Waals surface area contributed by atoms with Crippen LogP contribution in [0.3, 0.4) is 0 Å². The van der Waals surface area contributed by atoms with Gasteiger partial charge in [-0.15, -0.1) is 0 Å². The molecule has 0 fully saturated rings. The van der Waals surface area contributed by atoms with E-state index in [2.05, 4.69) is 15.0 Å². The van der Waals surface area contributed by atoms with Crippen molar-refractivity contribution in [3.63, 3.8) is 0 Å². The Morgan fingerprint density at radius 3 is 2.95 bits per heavy atom. The van der Waals surface area contributed by atoms with E-state index in [1.807, 2.05) is 0 Å². The van der Waals surface area contributed by atoms with E-state index in [-0.39, 0.29) is 28.8 Å². The topological polar surface area (TPSA) is 77.1 Å². The van der Waals surface area contributed by atoms with Crippen LogP contribution >= 0.6 is 0 Å². The van der Waals surface area contributed by atoms with E-state index in [0.717, 1.165) is 6.07 Å². The molecule has 6 nitrogen and oxygen atoms in total. The molecular formula is C15H12FN3O3.